The quantitative estimate of drug-likeness (QED) is 0.817. The van der Waals surface area contributed by atoms with Crippen LogP contribution in [-0.2, 0) is 11.2 Å². The minimum absolute atomic E-state index is 0.364. The highest BCUT2D eigenvalue weighted by Crippen LogP contribution is 2.27. The molecule has 102 valence electrons. The summed E-state index contributed by atoms with van der Waals surface area (Å²) in [5.74, 6) is -0.822. The van der Waals surface area contributed by atoms with Crippen molar-refractivity contribution in [2.75, 3.05) is 33.4 Å². The average Bonchev–Trinajstić information content (AvgIpc) is 2.35. The summed E-state index contributed by atoms with van der Waals surface area (Å²) in [6.45, 7) is 2.05. The molecule has 2 rings (SSSR count). The molecule has 5 heteroatoms. The first-order chi connectivity index (χ1) is 9.04. The molecule has 0 spiro atoms. The highest BCUT2D eigenvalue weighted by molar-refractivity contribution is 5.19. The van der Waals surface area contributed by atoms with Crippen LogP contribution in [0.3, 0.4) is 0 Å². The number of nitriles is 1. The number of halogens is 2. The maximum atomic E-state index is 13.4. The van der Waals surface area contributed by atoms with Crippen LogP contribution in [0, 0.1) is 28.4 Å². The summed E-state index contributed by atoms with van der Waals surface area (Å²) in [5.41, 5.74) is -0.0717. The number of nitrogens with zero attached hydrogens (tertiary/aromatic N) is 2. The third-order valence-electron chi connectivity index (χ3n) is 3.34. The minimum Gasteiger partial charge on any atom is -0.378 e. The van der Waals surface area contributed by atoms with E-state index in [4.69, 9.17) is 10.00 Å². The summed E-state index contributed by atoms with van der Waals surface area (Å²) in [7, 11) is 1.87. The van der Waals surface area contributed by atoms with Crippen LogP contribution in [0.1, 0.15) is 5.56 Å². The third-order valence-corrected chi connectivity index (χ3v) is 3.34. The zero-order chi connectivity index (χ0) is 13.9. The molecule has 1 aromatic rings. The Morgan fingerprint density at radius 2 is 2.16 bits per heavy atom. The molecule has 1 aromatic carbocycles. The SMILES string of the molecule is CN(CCc1cc(F)ccc1F)CC1(C#N)COC1. The van der Waals surface area contributed by atoms with Crippen LogP contribution < -0.4 is 0 Å². The molecule has 0 N–H and O–H groups in total. The van der Waals surface area contributed by atoms with Crippen molar-refractivity contribution in [2.45, 2.75) is 6.42 Å². The second-order valence-electron chi connectivity index (χ2n) is 5.11. The van der Waals surface area contributed by atoms with Crippen molar-refractivity contribution >= 4 is 0 Å². The Labute approximate surface area is 111 Å². The van der Waals surface area contributed by atoms with Crippen LogP contribution in [0.2, 0.25) is 0 Å². The first kappa shape index (κ1) is 13.9. The van der Waals surface area contributed by atoms with Gasteiger partial charge in [-0.1, -0.05) is 0 Å². The van der Waals surface area contributed by atoms with Crippen molar-refractivity contribution in [3.05, 3.63) is 35.4 Å². The molecule has 0 saturated carbocycles. The van der Waals surface area contributed by atoms with E-state index in [9.17, 15) is 8.78 Å². The molecule has 1 saturated heterocycles. The predicted molar refractivity (Wildman–Crippen MR) is 66.4 cm³/mol. The summed E-state index contributed by atoms with van der Waals surface area (Å²) in [6, 6.07) is 5.73. The second kappa shape index (κ2) is 5.64. The standard InChI is InChI=1S/C14H16F2N2O/c1-18(8-14(7-17)9-19-10-14)5-4-11-6-12(15)2-3-13(11)16/h2-3,6H,4-5,8-10H2,1H3. The number of benzene rings is 1. The fraction of sp³-hybridized carbons (Fsp3) is 0.500. The maximum Gasteiger partial charge on any atom is 0.126 e. The molecule has 0 atom stereocenters. The second-order valence-corrected chi connectivity index (χ2v) is 5.11. The number of hydrogen-bond acceptors (Lipinski definition) is 3. The van der Waals surface area contributed by atoms with Gasteiger partial charge in [0.15, 0.2) is 0 Å². The van der Waals surface area contributed by atoms with Crippen molar-refractivity contribution in [1.82, 2.24) is 4.90 Å². The van der Waals surface area contributed by atoms with Gasteiger partial charge in [-0.15, -0.1) is 0 Å². The van der Waals surface area contributed by atoms with Gasteiger partial charge in [0.1, 0.15) is 17.0 Å². The Bertz CT molecular complexity index is 495. The monoisotopic (exact) mass is 266 g/mol. The zero-order valence-electron chi connectivity index (χ0n) is 10.8. The highest BCUT2D eigenvalue weighted by atomic mass is 19.1. The molecule has 0 amide bonds. The Balaban J connectivity index is 1.88. The van der Waals surface area contributed by atoms with E-state index in [0.29, 0.717) is 38.3 Å². The molecular weight excluding hydrogens is 250 g/mol. The molecule has 1 aliphatic heterocycles. The van der Waals surface area contributed by atoms with E-state index in [2.05, 4.69) is 6.07 Å². The molecule has 3 nitrogen and oxygen atoms in total. The van der Waals surface area contributed by atoms with Gasteiger partial charge in [0.05, 0.1) is 19.3 Å². The van der Waals surface area contributed by atoms with Gasteiger partial charge >= 0.3 is 0 Å². The highest BCUT2D eigenvalue weighted by Gasteiger charge is 2.39. The summed E-state index contributed by atoms with van der Waals surface area (Å²) in [5, 5.41) is 9.08. The Morgan fingerprint density at radius 1 is 1.42 bits per heavy atom. The summed E-state index contributed by atoms with van der Waals surface area (Å²) >= 11 is 0. The lowest BCUT2D eigenvalue weighted by atomic mass is 9.87. The van der Waals surface area contributed by atoms with Crippen molar-refractivity contribution in [1.29, 1.82) is 5.26 Å². The fourth-order valence-electron chi connectivity index (χ4n) is 2.18. The minimum atomic E-state index is -0.435. The van der Waals surface area contributed by atoms with Gasteiger partial charge in [-0.2, -0.15) is 5.26 Å². The molecule has 19 heavy (non-hydrogen) atoms. The van der Waals surface area contributed by atoms with E-state index < -0.39 is 17.0 Å². The van der Waals surface area contributed by atoms with E-state index in [1.807, 2.05) is 11.9 Å². The van der Waals surface area contributed by atoms with Crippen LogP contribution in [-0.4, -0.2) is 38.3 Å². The van der Waals surface area contributed by atoms with Crippen LogP contribution in [0.5, 0.6) is 0 Å². The van der Waals surface area contributed by atoms with Crippen LogP contribution in [0.25, 0.3) is 0 Å². The number of likely N-dealkylation sites (N-methyl/N-ethyl adjacent to an activating group) is 1. The first-order valence-corrected chi connectivity index (χ1v) is 6.16. The Morgan fingerprint density at radius 3 is 2.74 bits per heavy atom. The smallest absolute Gasteiger partial charge is 0.126 e. The molecule has 0 bridgehead atoms. The van der Waals surface area contributed by atoms with Crippen molar-refractivity contribution in [2.24, 2.45) is 5.41 Å². The number of rotatable bonds is 5. The normalized spacial score (nSPS) is 17.0. The molecule has 1 fully saturated rings. The van der Waals surface area contributed by atoms with Gasteiger partial charge in [0, 0.05) is 13.1 Å². The van der Waals surface area contributed by atoms with E-state index in [0.717, 1.165) is 12.1 Å². The van der Waals surface area contributed by atoms with E-state index in [-0.39, 0.29) is 0 Å². The van der Waals surface area contributed by atoms with Gasteiger partial charge in [-0.3, -0.25) is 0 Å². The number of hydrogen-bond donors (Lipinski definition) is 0. The Hall–Kier alpha value is -1.51. The Kier molecular flexibility index (Phi) is 4.13. The average molecular weight is 266 g/mol. The summed E-state index contributed by atoms with van der Waals surface area (Å²) < 4.78 is 31.5. The third kappa shape index (κ3) is 3.28. The van der Waals surface area contributed by atoms with Crippen molar-refractivity contribution < 1.29 is 13.5 Å². The summed E-state index contributed by atoms with van der Waals surface area (Å²) in [4.78, 5) is 1.95. The maximum absolute atomic E-state index is 13.4. The molecule has 0 aliphatic carbocycles. The lowest BCUT2D eigenvalue weighted by Gasteiger charge is -2.38. The van der Waals surface area contributed by atoms with E-state index in [1.165, 1.54) is 6.07 Å². The van der Waals surface area contributed by atoms with E-state index >= 15 is 0 Å². The van der Waals surface area contributed by atoms with Gasteiger partial charge < -0.3 is 9.64 Å². The summed E-state index contributed by atoms with van der Waals surface area (Å²) in [6.07, 6.45) is 0.419. The van der Waals surface area contributed by atoms with Gasteiger partial charge in [0.25, 0.3) is 0 Å². The molecule has 1 aliphatic rings. The molecule has 0 unspecified atom stereocenters. The lowest BCUT2D eigenvalue weighted by Crippen LogP contribution is -2.49. The van der Waals surface area contributed by atoms with Crippen LogP contribution in [0.15, 0.2) is 18.2 Å². The van der Waals surface area contributed by atoms with E-state index in [1.54, 1.807) is 0 Å². The molecule has 1 heterocycles. The molecular formula is C14H16F2N2O. The van der Waals surface area contributed by atoms with Gasteiger partial charge in [-0.05, 0) is 37.2 Å². The van der Waals surface area contributed by atoms with Gasteiger partial charge in [0.2, 0.25) is 0 Å². The van der Waals surface area contributed by atoms with Crippen molar-refractivity contribution in [3.63, 3.8) is 0 Å². The van der Waals surface area contributed by atoms with Gasteiger partial charge in [-0.25, -0.2) is 8.78 Å². The molecule has 0 radical (unpaired) electrons. The fourth-order valence-corrected chi connectivity index (χ4v) is 2.18. The largest absolute Gasteiger partial charge is 0.378 e. The first-order valence-electron chi connectivity index (χ1n) is 6.16. The molecule has 0 aromatic heterocycles. The van der Waals surface area contributed by atoms with Crippen molar-refractivity contribution in [3.8, 4) is 6.07 Å². The van der Waals surface area contributed by atoms with Crippen LogP contribution >= 0.6 is 0 Å². The number of ether oxygens (including phenoxy) is 1. The topological polar surface area (TPSA) is 36.3 Å². The lowest BCUT2D eigenvalue weighted by molar-refractivity contribution is -0.0886. The van der Waals surface area contributed by atoms with Crippen LogP contribution in [0.4, 0.5) is 8.78 Å². The predicted octanol–water partition coefficient (Wildman–Crippen LogP) is 1.98. The zero-order valence-corrected chi connectivity index (χ0v) is 10.8.